The van der Waals surface area contributed by atoms with Crippen molar-refractivity contribution < 1.29 is 0 Å². The van der Waals surface area contributed by atoms with E-state index < -0.39 is 0 Å². The van der Waals surface area contributed by atoms with Gasteiger partial charge in [-0.15, -0.1) is 0 Å². The Balaban J connectivity index is 2.63. The number of rotatable bonds is 6. The third-order valence-electron chi connectivity index (χ3n) is 3.82. The molecule has 0 fully saturated rings. The van der Waals surface area contributed by atoms with Crippen LogP contribution in [0.5, 0.6) is 0 Å². The lowest BCUT2D eigenvalue weighted by Gasteiger charge is -2.27. The van der Waals surface area contributed by atoms with Gasteiger partial charge in [-0.2, -0.15) is 0 Å². The van der Waals surface area contributed by atoms with Gasteiger partial charge >= 0.3 is 0 Å². The van der Waals surface area contributed by atoms with Gasteiger partial charge < -0.3 is 5.32 Å². The molecule has 0 spiro atoms. The van der Waals surface area contributed by atoms with Gasteiger partial charge in [-0.05, 0) is 48.9 Å². The van der Waals surface area contributed by atoms with E-state index in [1.165, 1.54) is 5.56 Å². The van der Waals surface area contributed by atoms with Crippen LogP contribution < -0.4 is 5.32 Å². The Morgan fingerprint density at radius 1 is 0.947 bits per heavy atom. The second-order valence-corrected chi connectivity index (χ2v) is 6.77. The predicted octanol–water partition coefficient (Wildman–Crippen LogP) is 5.57. The molecule has 3 heteroatoms. The normalized spacial score (nSPS) is 13.6. The standard InChI is InChI=1S/C16H25Cl2N/c1-10(2)14(11(3)4)9-19-12(5)13-6-7-15(17)16(18)8-13/h6-8,10-12,14,19H,9H2,1-5H3. The Morgan fingerprint density at radius 2 is 1.53 bits per heavy atom. The zero-order valence-electron chi connectivity index (χ0n) is 12.5. The summed E-state index contributed by atoms with van der Waals surface area (Å²) < 4.78 is 0. The summed E-state index contributed by atoms with van der Waals surface area (Å²) in [5.41, 5.74) is 1.18. The van der Waals surface area contributed by atoms with Gasteiger partial charge in [0, 0.05) is 6.04 Å². The maximum absolute atomic E-state index is 6.06. The zero-order valence-corrected chi connectivity index (χ0v) is 14.0. The van der Waals surface area contributed by atoms with E-state index in [-0.39, 0.29) is 6.04 Å². The fourth-order valence-corrected chi connectivity index (χ4v) is 2.76. The van der Waals surface area contributed by atoms with Crippen LogP contribution in [0.2, 0.25) is 10.0 Å². The molecule has 1 nitrogen and oxygen atoms in total. The van der Waals surface area contributed by atoms with Crippen molar-refractivity contribution in [3.05, 3.63) is 33.8 Å². The molecule has 0 aliphatic rings. The zero-order chi connectivity index (χ0) is 14.6. The molecule has 1 N–H and O–H groups in total. The quantitative estimate of drug-likeness (QED) is 0.724. The van der Waals surface area contributed by atoms with Crippen molar-refractivity contribution >= 4 is 23.2 Å². The van der Waals surface area contributed by atoms with Gasteiger partial charge in [0.05, 0.1) is 10.0 Å². The number of nitrogens with one attached hydrogen (secondary N) is 1. The maximum Gasteiger partial charge on any atom is 0.0595 e. The molecule has 1 aromatic rings. The van der Waals surface area contributed by atoms with Gasteiger partial charge in [-0.3, -0.25) is 0 Å². The minimum atomic E-state index is 0.287. The molecule has 1 aromatic carbocycles. The van der Waals surface area contributed by atoms with E-state index in [4.69, 9.17) is 23.2 Å². The van der Waals surface area contributed by atoms with Crippen LogP contribution in [0.3, 0.4) is 0 Å². The number of hydrogen-bond acceptors (Lipinski definition) is 1. The highest BCUT2D eigenvalue weighted by molar-refractivity contribution is 6.42. The smallest absolute Gasteiger partial charge is 0.0595 e. The summed E-state index contributed by atoms with van der Waals surface area (Å²) in [4.78, 5) is 0. The molecule has 108 valence electrons. The Bertz CT molecular complexity index is 394. The van der Waals surface area contributed by atoms with Crippen molar-refractivity contribution in [3.63, 3.8) is 0 Å². The van der Waals surface area contributed by atoms with Gasteiger partial charge in [0.2, 0.25) is 0 Å². The highest BCUT2D eigenvalue weighted by Gasteiger charge is 2.18. The lowest BCUT2D eigenvalue weighted by atomic mass is 9.85. The predicted molar refractivity (Wildman–Crippen MR) is 86.0 cm³/mol. The average Bonchev–Trinajstić information content (AvgIpc) is 2.31. The fraction of sp³-hybridized carbons (Fsp3) is 0.625. The first-order chi connectivity index (χ1) is 8.82. The van der Waals surface area contributed by atoms with E-state index in [2.05, 4.69) is 39.9 Å². The van der Waals surface area contributed by atoms with E-state index in [0.717, 1.165) is 6.54 Å². The van der Waals surface area contributed by atoms with Crippen LogP contribution in [-0.2, 0) is 0 Å². The SMILES string of the molecule is CC(NCC(C(C)C)C(C)C)c1ccc(Cl)c(Cl)c1. The largest absolute Gasteiger partial charge is 0.310 e. The molecule has 1 atom stereocenters. The monoisotopic (exact) mass is 301 g/mol. The molecule has 19 heavy (non-hydrogen) atoms. The van der Waals surface area contributed by atoms with E-state index in [1.54, 1.807) is 0 Å². The lowest BCUT2D eigenvalue weighted by Crippen LogP contribution is -2.31. The number of benzene rings is 1. The summed E-state index contributed by atoms with van der Waals surface area (Å²) in [5, 5.41) is 4.84. The highest BCUT2D eigenvalue weighted by atomic mass is 35.5. The molecule has 0 saturated carbocycles. The molecular weight excluding hydrogens is 277 g/mol. The van der Waals surface area contributed by atoms with Gasteiger partial charge in [0.15, 0.2) is 0 Å². The lowest BCUT2D eigenvalue weighted by molar-refractivity contribution is 0.268. The number of halogens is 2. The Labute approximate surface area is 127 Å². The van der Waals surface area contributed by atoms with E-state index in [1.807, 2.05) is 18.2 Å². The Kier molecular flexibility index (Phi) is 6.65. The van der Waals surface area contributed by atoms with Crippen molar-refractivity contribution in [1.29, 1.82) is 0 Å². The molecule has 0 heterocycles. The van der Waals surface area contributed by atoms with Crippen LogP contribution in [-0.4, -0.2) is 6.54 Å². The average molecular weight is 302 g/mol. The molecule has 1 unspecified atom stereocenters. The first kappa shape index (κ1) is 16.8. The summed E-state index contributed by atoms with van der Waals surface area (Å²) in [6, 6.07) is 6.13. The van der Waals surface area contributed by atoms with Crippen LogP contribution in [0.15, 0.2) is 18.2 Å². The topological polar surface area (TPSA) is 12.0 Å². The van der Waals surface area contributed by atoms with Crippen LogP contribution >= 0.6 is 23.2 Å². The van der Waals surface area contributed by atoms with E-state index in [0.29, 0.717) is 27.8 Å². The van der Waals surface area contributed by atoms with Crippen LogP contribution in [0, 0.1) is 17.8 Å². The molecule has 0 bridgehead atoms. The van der Waals surface area contributed by atoms with Crippen LogP contribution in [0.25, 0.3) is 0 Å². The minimum absolute atomic E-state index is 0.287. The summed E-state index contributed by atoms with van der Waals surface area (Å²) >= 11 is 12.0. The van der Waals surface area contributed by atoms with Crippen LogP contribution in [0.1, 0.15) is 46.2 Å². The molecule has 0 amide bonds. The Morgan fingerprint density at radius 3 is 2.00 bits per heavy atom. The summed E-state index contributed by atoms with van der Waals surface area (Å²) in [6.45, 7) is 12.3. The molecule has 0 radical (unpaired) electrons. The second kappa shape index (κ2) is 7.52. The molecule has 0 aromatic heterocycles. The number of hydrogen-bond donors (Lipinski definition) is 1. The van der Waals surface area contributed by atoms with Crippen molar-refractivity contribution in [2.24, 2.45) is 17.8 Å². The highest BCUT2D eigenvalue weighted by Crippen LogP contribution is 2.26. The minimum Gasteiger partial charge on any atom is -0.310 e. The van der Waals surface area contributed by atoms with Gasteiger partial charge in [-0.25, -0.2) is 0 Å². The van der Waals surface area contributed by atoms with Gasteiger partial charge in [0.1, 0.15) is 0 Å². The van der Waals surface area contributed by atoms with Crippen molar-refractivity contribution in [2.75, 3.05) is 6.54 Å². The summed E-state index contributed by atoms with van der Waals surface area (Å²) in [7, 11) is 0. The summed E-state index contributed by atoms with van der Waals surface area (Å²) in [6.07, 6.45) is 0. The third-order valence-corrected chi connectivity index (χ3v) is 4.56. The molecule has 0 saturated heterocycles. The molecule has 1 rings (SSSR count). The molecule has 0 aliphatic heterocycles. The van der Waals surface area contributed by atoms with Crippen LogP contribution in [0.4, 0.5) is 0 Å². The van der Waals surface area contributed by atoms with E-state index in [9.17, 15) is 0 Å². The second-order valence-electron chi connectivity index (χ2n) is 5.96. The molecule has 0 aliphatic carbocycles. The van der Waals surface area contributed by atoms with E-state index >= 15 is 0 Å². The summed E-state index contributed by atoms with van der Waals surface area (Å²) in [5.74, 6) is 2.06. The van der Waals surface area contributed by atoms with Crippen molar-refractivity contribution in [2.45, 2.75) is 40.7 Å². The first-order valence-corrected chi connectivity index (χ1v) is 7.76. The van der Waals surface area contributed by atoms with Gasteiger partial charge in [0.25, 0.3) is 0 Å². The Hall–Kier alpha value is -0.240. The van der Waals surface area contributed by atoms with Crippen molar-refractivity contribution in [1.82, 2.24) is 5.32 Å². The van der Waals surface area contributed by atoms with Gasteiger partial charge in [-0.1, -0.05) is 57.0 Å². The molecular formula is C16H25Cl2N. The fourth-order valence-electron chi connectivity index (χ4n) is 2.45. The van der Waals surface area contributed by atoms with Crippen molar-refractivity contribution in [3.8, 4) is 0 Å². The third kappa shape index (κ3) is 4.98. The first-order valence-electron chi connectivity index (χ1n) is 7.01. The maximum atomic E-state index is 6.06.